The first-order chi connectivity index (χ1) is 9.74. The number of ether oxygens (including phenoxy) is 2. The fourth-order valence-electron chi connectivity index (χ4n) is 4.88. The van der Waals surface area contributed by atoms with E-state index in [2.05, 4.69) is 13.8 Å². The van der Waals surface area contributed by atoms with Crippen LogP contribution in [-0.4, -0.2) is 18.5 Å². The molecule has 0 bridgehead atoms. The van der Waals surface area contributed by atoms with E-state index in [9.17, 15) is 0 Å². The van der Waals surface area contributed by atoms with Crippen molar-refractivity contribution in [2.45, 2.75) is 89.9 Å². The smallest absolute Gasteiger partial charge is 0.168 e. The fourth-order valence-corrected chi connectivity index (χ4v) is 4.88. The lowest BCUT2D eigenvalue weighted by molar-refractivity contribution is -0.188. The van der Waals surface area contributed by atoms with Crippen LogP contribution >= 0.6 is 0 Å². The zero-order valence-corrected chi connectivity index (χ0v) is 13.4. The summed E-state index contributed by atoms with van der Waals surface area (Å²) < 4.78 is 12.5. The summed E-state index contributed by atoms with van der Waals surface area (Å²) in [5.74, 6) is 2.62. The molecule has 1 heterocycles. The Kier molecular flexibility index (Phi) is 4.72. The molecule has 3 aliphatic rings. The topological polar surface area (TPSA) is 18.5 Å². The Morgan fingerprint density at radius 3 is 2.40 bits per heavy atom. The highest BCUT2D eigenvalue weighted by Gasteiger charge is 2.44. The molecular formula is C18H32O2. The van der Waals surface area contributed by atoms with E-state index >= 15 is 0 Å². The van der Waals surface area contributed by atoms with E-state index in [1.165, 1.54) is 51.4 Å². The van der Waals surface area contributed by atoms with Crippen molar-refractivity contribution in [1.29, 1.82) is 0 Å². The van der Waals surface area contributed by atoms with Crippen molar-refractivity contribution in [1.82, 2.24) is 0 Å². The van der Waals surface area contributed by atoms with E-state index in [4.69, 9.17) is 9.47 Å². The van der Waals surface area contributed by atoms with Gasteiger partial charge >= 0.3 is 0 Å². The quantitative estimate of drug-likeness (QED) is 0.728. The molecule has 2 heteroatoms. The van der Waals surface area contributed by atoms with Gasteiger partial charge in [-0.2, -0.15) is 0 Å². The summed E-state index contributed by atoms with van der Waals surface area (Å²) in [4.78, 5) is 0. The summed E-state index contributed by atoms with van der Waals surface area (Å²) in [7, 11) is 0. The summed E-state index contributed by atoms with van der Waals surface area (Å²) in [5.41, 5.74) is 0. The lowest BCUT2D eigenvalue weighted by Gasteiger charge is -2.32. The SMILES string of the molecule is CCC1CC(CC)C(CC2COC3(CCCCC3)O2)C1. The normalized spacial score (nSPS) is 40.5. The van der Waals surface area contributed by atoms with Gasteiger partial charge in [-0.1, -0.05) is 33.1 Å². The summed E-state index contributed by atoms with van der Waals surface area (Å²) in [6.07, 6.45) is 13.4. The largest absolute Gasteiger partial charge is 0.347 e. The molecule has 3 fully saturated rings. The molecule has 0 radical (unpaired) electrons. The number of hydrogen-bond acceptors (Lipinski definition) is 2. The molecule has 1 saturated heterocycles. The third kappa shape index (κ3) is 3.06. The first-order valence-electron chi connectivity index (χ1n) is 9.06. The van der Waals surface area contributed by atoms with Gasteiger partial charge in [-0.05, 0) is 49.9 Å². The van der Waals surface area contributed by atoms with Gasteiger partial charge in [0, 0.05) is 12.8 Å². The van der Waals surface area contributed by atoms with Crippen molar-refractivity contribution < 1.29 is 9.47 Å². The van der Waals surface area contributed by atoms with Crippen LogP contribution in [0.3, 0.4) is 0 Å². The monoisotopic (exact) mass is 280 g/mol. The Balaban J connectivity index is 1.53. The van der Waals surface area contributed by atoms with E-state index < -0.39 is 0 Å². The van der Waals surface area contributed by atoms with Gasteiger partial charge in [-0.15, -0.1) is 0 Å². The van der Waals surface area contributed by atoms with E-state index in [0.29, 0.717) is 6.10 Å². The molecule has 1 spiro atoms. The Bertz CT molecular complexity index is 309. The van der Waals surface area contributed by atoms with E-state index in [1.807, 2.05) is 0 Å². The van der Waals surface area contributed by atoms with Gasteiger partial charge in [0.2, 0.25) is 0 Å². The van der Waals surface area contributed by atoms with Crippen LogP contribution in [0.2, 0.25) is 0 Å². The van der Waals surface area contributed by atoms with Gasteiger partial charge in [0.05, 0.1) is 12.7 Å². The molecule has 2 saturated carbocycles. The summed E-state index contributed by atoms with van der Waals surface area (Å²) in [5, 5.41) is 0. The van der Waals surface area contributed by atoms with Gasteiger partial charge in [0.25, 0.3) is 0 Å². The maximum atomic E-state index is 6.39. The first-order valence-corrected chi connectivity index (χ1v) is 9.06. The molecule has 2 nitrogen and oxygen atoms in total. The zero-order valence-electron chi connectivity index (χ0n) is 13.4. The van der Waals surface area contributed by atoms with E-state index in [-0.39, 0.29) is 5.79 Å². The van der Waals surface area contributed by atoms with Crippen LogP contribution in [-0.2, 0) is 9.47 Å². The minimum Gasteiger partial charge on any atom is -0.347 e. The molecule has 2 aliphatic carbocycles. The predicted octanol–water partition coefficient (Wildman–Crippen LogP) is 4.91. The molecule has 0 N–H and O–H groups in total. The Morgan fingerprint density at radius 2 is 1.70 bits per heavy atom. The molecule has 1 aliphatic heterocycles. The molecule has 4 unspecified atom stereocenters. The Hall–Kier alpha value is -0.0800. The van der Waals surface area contributed by atoms with Crippen molar-refractivity contribution >= 4 is 0 Å². The van der Waals surface area contributed by atoms with Crippen LogP contribution in [0.15, 0.2) is 0 Å². The number of hydrogen-bond donors (Lipinski definition) is 0. The molecule has 0 amide bonds. The average molecular weight is 280 g/mol. The molecule has 3 rings (SSSR count). The Morgan fingerprint density at radius 1 is 0.950 bits per heavy atom. The zero-order chi connectivity index (χ0) is 14.0. The highest BCUT2D eigenvalue weighted by Crippen LogP contribution is 2.45. The van der Waals surface area contributed by atoms with Crippen molar-refractivity contribution in [3.05, 3.63) is 0 Å². The van der Waals surface area contributed by atoms with Crippen LogP contribution in [0.4, 0.5) is 0 Å². The second-order valence-corrected chi connectivity index (χ2v) is 7.43. The van der Waals surface area contributed by atoms with Gasteiger partial charge in [-0.25, -0.2) is 0 Å². The predicted molar refractivity (Wildman–Crippen MR) is 81.5 cm³/mol. The Labute approximate surface area is 124 Å². The minimum atomic E-state index is -0.173. The first kappa shape index (κ1) is 14.8. The van der Waals surface area contributed by atoms with Crippen LogP contribution in [0.25, 0.3) is 0 Å². The third-order valence-corrected chi connectivity index (χ3v) is 6.14. The van der Waals surface area contributed by atoms with E-state index in [0.717, 1.165) is 37.2 Å². The lowest BCUT2D eigenvalue weighted by Crippen LogP contribution is -2.33. The van der Waals surface area contributed by atoms with Crippen LogP contribution in [0, 0.1) is 17.8 Å². The van der Waals surface area contributed by atoms with Crippen molar-refractivity contribution in [3.8, 4) is 0 Å². The van der Waals surface area contributed by atoms with Crippen molar-refractivity contribution in [2.75, 3.05) is 6.61 Å². The highest BCUT2D eigenvalue weighted by molar-refractivity contribution is 4.88. The molecule has 20 heavy (non-hydrogen) atoms. The summed E-state index contributed by atoms with van der Waals surface area (Å²) in [6.45, 7) is 5.57. The van der Waals surface area contributed by atoms with Crippen LogP contribution in [0.1, 0.15) is 78.1 Å². The van der Waals surface area contributed by atoms with Crippen molar-refractivity contribution in [3.63, 3.8) is 0 Å². The summed E-state index contributed by atoms with van der Waals surface area (Å²) >= 11 is 0. The second kappa shape index (κ2) is 6.36. The van der Waals surface area contributed by atoms with Gasteiger partial charge in [0.15, 0.2) is 5.79 Å². The van der Waals surface area contributed by atoms with Crippen LogP contribution in [0.5, 0.6) is 0 Å². The molecule has 4 atom stereocenters. The third-order valence-electron chi connectivity index (χ3n) is 6.14. The molecular weight excluding hydrogens is 248 g/mol. The standard InChI is InChI=1S/C18H32O2/c1-3-14-10-15(4-2)16(11-14)12-17-13-19-18(20-17)8-6-5-7-9-18/h14-17H,3-13H2,1-2H3. The maximum absolute atomic E-state index is 6.39. The lowest BCUT2D eigenvalue weighted by atomic mass is 9.89. The fraction of sp³-hybridized carbons (Fsp3) is 1.00. The van der Waals surface area contributed by atoms with Crippen LogP contribution < -0.4 is 0 Å². The van der Waals surface area contributed by atoms with Gasteiger partial charge in [0.1, 0.15) is 0 Å². The van der Waals surface area contributed by atoms with Crippen molar-refractivity contribution in [2.24, 2.45) is 17.8 Å². The highest BCUT2D eigenvalue weighted by atomic mass is 16.7. The van der Waals surface area contributed by atoms with Gasteiger partial charge < -0.3 is 9.47 Å². The molecule has 0 aromatic carbocycles. The molecule has 0 aromatic rings. The molecule has 0 aromatic heterocycles. The maximum Gasteiger partial charge on any atom is 0.168 e. The number of rotatable bonds is 4. The van der Waals surface area contributed by atoms with E-state index in [1.54, 1.807) is 0 Å². The molecule has 116 valence electrons. The minimum absolute atomic E-state index is 0.173. The second-order valence-electron chi connectivity index (χ2n) is 7.43. The summed E-state index contributed by atoms with van der Waals surface area (Å²) in [6, 6.07) is 0. The van der Waals surface area contributed by atoms with Gasteiger partial charge in [-0.3, -0.25) is 0 Å². The average Bonchev–Trinajstić information content (AvgIpc) is 3.05.